The molecule has 1 fully saturated rings. The fraction of sp³-hybridized carbons (Fsp3) is 0.611. The largest absolute Gasteiger partial charge is 0.348 e. The number of amides is 1. The summed E-state index contributed by atoms with van der Waals surface area (Å²) in [6, 6.07) is 0. The molecular formula is C18H23N3O4S2. The second-order valence-electron chi connectivity index (χ2n) is 8.16. The Morgan fingerprint density at radius 1 is 1.48 bits per heavy atom. The Morgan fingerprint density at radius 2 is 2.26 bits per heavy atom. The molecule has 2 aromatic heterocycles. The maximum absolute atomic E-state index is 13.0. The van der Waals surface area contributed by atoms with Crippen LogP contribution in [0.2, 0.25) is 0 Å². The van der Waals surface area contributed by atoms with Gasteiger partial charge in [0.25, 0.3) is 5.56 Å². The normalized spacial score (nSPS) is 26.8. The van der Waals surface area contributed by atoms with E-state index in [-0.39, 0.29) is 29.5 Å². The second-order valence-corrected chi connectivity index (χ2v) is 11.4. The predicted molar refractivity (Wildman–Crippen MR) is 105 cm³/mol. The highest BCUT2D eigenvalue weighted by Gasteiger charge is 2.39. The first-order chi connectivity index (χ1) is 12.7. The van der Waals surface area contributed by atoms with Gasteiger partial charge in [0, 0.05) is 4.88 Å². The summed E-state index contributed by atoms with van der Waals surface area (Å²) in [5, 5.41) is 3.44. The Balaban J connectivity index is 1.59. The zero-order valence-corrected chi connectivity index (χ0v) is 17.1. The van der Waals surface area contributed by atoms with Gasteiger partial charge in [-0.25, -0.2) is 13.4 Å². The number of aromatic nitrogens is 2. The van der Waals surface area contributed by atoms with Gasteiger partial charge in [-0.2, -0.15) is 0 Å². The zero-order valence-electron chi connectivity index (χ0n) is 15.4. The fourth-order valence-corrected chi connectivity index (χ4v) is 7.55. The maximum Gasteiger partial charge on any atom is 0.262 e. The number of hydrogen-bond acceptors (Lipinski definition) is 6. The van der Waals surface area contributed by atoms with Crippen LogP contribution in [-0.4, -0.2) is 40.9 Å². The number of nitrogens with zero attached hydrogens (tertiary/aromatic N) is 2. The summed E-state index contributed by atoms with van der Waals surface area (Å²) in [4.78, 5) is 31.8. The van der Waals surface area contributed by atoms with Crippen molar-refractivity contribution < 1.29 is 13.2 Å². The first kappa shape index (κ1) is 18.6. The van der Waals surface area contributed by atoms with E-state index in [1.807, 2.05) is 0 Å². The minimum absolute atomic E-state index is 0.0614. The number of rotatable bonds is 3. The standard InChI is InChI=1S/C18H23N3O4S2/c1-11-3-4-12-13(7-11)26-16-15(12)17(23)21(10-19-16)8-14(22)20-18(2)5-6-27(24,25)9-18/h10-11H,3-9H2,1-2H3,(H,20,22)/t11-,18+/m1/s1. The van der Waals surface area contributed by atoms with Gasteiger partial charge in [-0.3, -0.25) is 14.2 Å². The van der Waals surface area contributed by atoms with E-state index in [0.29, 0.717) is 17.7 Å². The van der Waals surface area contributed by atoms with Crippen LogP contribution in [0.5, 0.6) is 0 Å². The number of sulfone groups is 1. The van der Waals surface area contributed by atoms with Gasteiger partial charge in [-0.15, -0.1) is 11.3 Å². The molecule has 0 unspecified atom stereocenters. The molecule has 9 heteroatoms. The minimum atomic E-state index is -3.11. The Bertz CT molecular complexity index is 1090. The van der Waals surface area contributed by atoms with E-state index in [2.05, 4.69) is 17.2 Å². The van der Waals surface area contributed by atoms with Gasteiger partial charge in [0.05, 0.1) is 28.8 Å². The lowest BCUT2D eigenvalue weighted by atomic mass is 9.89. The summed E-state index contributed by atoms with van der Waals surface area (Å²) >= 11 is 1.58. The Hall–Kier alpha value is -1.74. The average molecular weight is 410 g/mol. The van der Waals surface area contributed by atoms with Crippen LogP contribution in [0.4, 0.5) is 0 Å². The van der Waals surface area contributed by atoms with Crippen LogP contribution in [0.3, 0.4) is 0 Å². The lowest BCUT2D eigenvalue weighted by molar-refractivity contribution is -0.123. The molecule has 27 heavy (non-hydrogen) atoms. The van der Waals surface area contributed by atoms with Crippen molar-refractivity contribution in [3.8, 4) is 0 Å². The maximum atomic E-state index is 13.0. The van der Waals surface area contributed by atoms with Crippen molar-refractivity contribution in [2.45, 2.75) is 51.6 Å². The average Bonchev–Trinajstić information content (AvgIpc) is 3.06. The molecule has 146 valence electrons. The van der Waals surface area contributed by atoms with E-state index in [1.54, 1.807) is 18.3 Å². The summed E-state index contributed by atoms with van der Waals surface area (Å²) in [5.41, 5.74) is 0.134. The molecule has 0 bridgehead atoms. The Kier molecular flexibility index (Phi) is 4.42. The first-order valence-corrected chi connectivity index (χ1v) is 11.8. The van der Waals surface area contributed by atoms with Crippen LogP contribution in [0, 0.1) is 5.92 Å². The number of carbonyl (C=O) groups is 1. The van der Waals surface area contributed by atoms with Crippen LogP contribution in [0.15, 0.2) is 11.1 Å². The van der Waals surface area contributed by atoms with Crippen molar-refractivity contribution in [2.75, 3.05) is 11.5 Å². The third-order valence-corrected chi connectivity index (χ3v) is 8.61. The lowest BCUT2D eigenvalue weighted by Gasteiger charge is -2.24. The smallest absolute Gasteiger partial charge is 0.262 e. The van der Waals surface area contributed by atoms with E-state index < -0.39 is 15.4 Å². The van der Waals surface area contributed by atoms with Crippen molar-refractivity contribution in [3.63, 3.8) is 0 Å². The van der Waals surface area contributed by atoms with Crippen LogP contribution < -0.4 is 10.9 Å². The van der Waals surface area contributed by atoms with E-state index in [0.717, 1.165) is 29.7 Å². The van der Waals surface area contributed by atoms with Gasteiger partial charge in [0.15, 0.2) is 9.84 Å². The number of thiophene rings is 1. The predicted octanol–water partition coefficient (Wildman–Crippen LogP) is 1.28. The third-order valence-electron chi connectivity index (χ3n) is 5.54. The topological polar surface area (TPSA) is 98.1 Å². The van der Waals surface area contributed by atoms with Crippen molar-refractivity contribution >= 4 is 37.3 Å². The fourth-order valence-electron chi connectivity index (χ4n) is 4.12. The van der Waals surface area contributed by atoms with Crippen molar-refractivity contribution in [3.05, 3.63) is 27.1 Å². The molecule has 2 atom stereocenters. The quantitative estimate of drug-likeness (QED) is 0.823. The molecule has 1 saturated heterocycles. The molecule has 1 aliphatic carbocycles. The molecule has 0 radical (unpaired) electrons. The van der Waals surface area contributed by atoms with Crippen molar-refractivity contribution in [1.29, 1.82) is 0 Å². The Morgan fingerprint density at radius 3 is 2.96 bits per heavy atom. The second kappa shape index (κ2) is 6.41. The molecule has 1 N–H and O–H groups in total. The SMILES string of the molecule is C[C@@H]1CCc2c(sc3ncn(CC(=O)N[C@@]4(C)CCS(=O)(=O)C4)c(=O)c23)C1. The van der Waals surface area contributed by atoms with Gasteiger partial charge in [0.2, 0.25) is 5.91 Å². The number of nitrogens with one attached hydrogen (secondary N) is 1. The molecule has 0 saturated carbocycles. The summed E-state index contributed by atoms with van der Waals surface area (Å²) in [7, 11) is -3.11. The van der Waals surface area contributed by atoms with Crippen LogP contribution in [0.1, 0.15) is 37.1 Å². The molecule has 0 spiro atoms. The van der Waals surface area contributed by atoms with Gasteiger partial charge >= 0.3 is 0 Å². The van der Waals surface area contributed by atoms with Crippen molar-refractivity contribution in [2.24, 2.45) is 5.92 Å². The number of carbonyl (C=O) groups excluding carboxylic acids is 1. The lowest BCUT2D eigenvalue weighted by Crippen LogP contribution is -2.48. The number of aryl methyl sites for hydroxylation is 1. The summed E-state index contributed by atoms with van der Waals surface area (Å²) < 4.78 is 24.7. The molecule has 1 aliphatic heterocycles. The molecule has 7 nitrogen and oxygen atoms in total. The van der Waals surface area contributed by atoms with Gasteiger partial charge < -0.3 is 5.32 Å². The number of fused-ring (bicyclic) bond motifs is 3. The molecular weight excluding hydrogens is 386 g/mol. The summed E-state index contributed by atoms with van der Waals surface area (Å²) in [6.45, 7) is 3.79. The van der Waals surface area contributed by atoms with E-state index >= 15 is 0 Å². The van der Waals surface area contributed by atoms with Gasteiger partial charge in [-0.1, -0.05) is 6.92 Å². The molecule has 0 aromatic carbocycles. The van der Waals surface area contributed by atoms with Gasteiger partial charge in [-0.05, 0) is 44.1 Å². The highest BCUT2D eigenvalue weighted by atomic mass is 32.2. The monoisotopic (exact) mass is 409 g/mol. The summed E-state index contributed by atoms with van der Waals surface area (Å²) in [5.74, 6) is 0.266. The molecule has 2 aliphatic rings. The van der Waals surface area contributed by atoms with E-state index in [4.69, 9.17) is 0 Å². The minimum Gasteiger partial charge on any atom is -0.348 e. The Labute approximate surface area is 161 Å². The highest BCUT2D eigenvalue weighted by Crippen LogP contribution is 2.35. The van der Waals surface area contributed by atoms with Crippen LogP contribution in [0.25, 0.3) is 10.2 Å². The molecule has 2 aromatic rings. The van der Waals surface area contributed by atoms with Crippen LogP contribution in [-0.2, 0) is 34.0 Å². The molecule has 4 rings (SSSR count). The summed E-state index contributed by atoms with van der Waals surface area (Å²) in [6.07, 6.45) is 4.72. The van der Waals surface area contributed by atoms with Crippen molar-refractivity contribution in [1.82, 2.24) is 14.9 Å². The third kappa shape index (κ3) is 3.54. The van der Waals surface area contributed by atoms with E-state index in [9.17, 15) is 18.0 Å². The van der Waals surface area contributed by atoms with E-state index in [1.165, 1.54) is 15.8 Å². The molecule has 1 amide bonds. The van der Waals surface area contributed by atoms with Gasteiger partial charge in [0.1, 0.15) is 11.4 Å². The van der Waals surface area contributed by atoms with Crippen LogP contribution >= 0.6 is 11.3 Å². The molecule has 3 heterocycles. The highest BCUT2D eigenvalue weighted by molar-refractivity contribution is 7.91. The zero-order chi connectivity index (χ0) is 19.4. The number of hydrogen-bond donors (Lipinski definition) is 1. The first-order valence-electron chi connectivity index (χ1n) is 9.17.